The fourth-order valence-electron chi connectivity index (χ4n) is 3.34. The van der Waals surface area contributed by atoms with Gasteiger partial charge in [0.2, 0.25) is 0 Å². The summed E-state index contributed by atoms with van der Waals surface area (Å²) >= 11 is 6.25. The number of carbonyl (C=O) groups excluding carboxylic acids is 1. The maximum absolute atomic E-state index is 12.7. The number of piperazine rings is 1. The Morgan fingerprint density at radius 1 is 1.00 bits per heavy atom. The molecule has 0 radical (unpaired) electrons. The van der Waals surface area contributed by atoms with E-state index in [0.717, 1.165) is 54.2 Å². The van der Waals surface area contributed by atoms with Crippen LogP contribution in [0.4, 0.5) is 0 Å². The second-order valence-electron chi connectivity index (χ2n) is 6.43. The molecule has 1 N–H and O–H groups in total. The fraction of sp³-hybridized carbons (Fsp3) is 0.250. The quantitative estimate of drug-likeness (QED) is 0.778. The molecule has 1 aliphatic heterocycles. The van der Waals surface area contributed by atoms with Crippen LogP contribution in [-0.4, -0.2) is 46.9 Å². The van der Waals surface area contributed by atoms with Crippen LogP contribution in [0.1, 0.15) is 16.1 Å². The van der Waals surface area contributed by atoms with Crippen molar-refractivity contribution in [3.8, 4) is 0 Å². The van der Waals surface area contributed by atoms with Crippen LogP contribution in [0, 0.1) is 0 Å². The Balaban J connectivity index is 1.39. The number of nitrogens with zero attached hydrogens (tertiary/aromatic N) is 2. The smallest absolute Gasteiger partial charge is 0.270 e. The molecule has 1 saturated heterocycles. The van der Waals surface area contributed by atoms with Gasteiger partial charge in [0.1, 0.15) is 5.69 Å². The van der Waals surface area contributed by atoms with Gasteiger partial charge in [-0.05, 0) is 23.8 Å². The molecule has 4 rings (SSSR count). The maximum Gasteiger partial charge on any atom is 0.270 e. The first kappa shape index (κ1) is 16.2. The van der Waals surface area contributed by atoms with Crippen molar-refractivity contribution in [3.63, 3.8) is 0 Å². The van der Waals surface area contributed by atoms with Gasteiger partial charge in [-0.25, -0.2) is 0 Å². The van der Waals surface area contributed by atoms with Crippen molar-refractivity contribution >= 4 is 28.4 Å². The molecule has 1 amide bonds. The minimum atomic E-state index is 0.0774. The molecule has 128 valence electrons. The van der Waals surface area contributed by atoms with Gasteiger partial charge >= 0.3 is 0 Å². The van der Waals surface area contributed by atoms with Gasteiger partial charge in [0.15, 0.2) is 0 Å². The number of benzene rings is 2. The van der Waals surface area contributed by atoms with Crippen LogP contribution in [0.15, 0.2) is 54.6 Å². The minimum absolute atomic E-state index is 0.0774. The molecular weight excluding hydrogens is 334 g/mol. The highest BCUT2D eigenvalue weighted by atomic mass is 35.5. The SMILES string of the molecule is O=C(c1cc2ccccc2[nH]1)N1CCN(Cc2ccccc2Cl)CC1. The van der Waals surface area contributed by atoms with Gasteiger partial charge in [0.25, 0.3) is 5.91 Å². The van der Waals surface area contributed by atoms with Gasteiger partial charge in [0.05, 0.1) is 0 Å². The summed E-state index contributed by atoms with van der Waals surface area (Å²) in [5.74, 6) is 0.0774. The summed E-state index contributed by atoms with van der Waals surface area (Å²) in [6.45, 7) is 4.01. The topological polar surface area (TPSA) is 39.3 Å². The normalized spacial score (nSPS) is 15.6. The predicted octanol–water partition coefficient (Wildman–Crippen LogP) is 3.78. The van der Waals surface area contributed by atoms with Gasteiger partial charge in [-0.3, -0.25) is 9.69 Å². The maximum atomic E-state index is 12.7. The van der Waals surface area contributed by atoms with Crippen molar-refractivity contribution in [1.82, 2.24) is 14.8 Å². The van der Waals surface area contributed by atoms with Crippen LogP contribution in [0.3, 0.4) is 0 Å². The Morgan fingerprint density at radius 2 is 1.72 bits per heavy atom. The van der Waals surface area contributed by atoms with Crippen LogP contribution < -0.4 is 0 Å². The third-order valence-electron chi connectivity index (χ3n) is 4.77. The van der Waals surface area contributed by atoms with Crippen molar-refractivity contribution in [2.75, 3.05) is 26.2 Å². The Morgan fingerprint density at radius 3 is 2.48 bits per heavy atom. The largest absolute Gasteiger partial charge is 0.351 e. The number of nitrogens with one attached hydrogen (secondary N) is 1. The Bertz CT molecular complexity index is 864. The summed E-state index contributed by atoms with van der Waals surface area (Å²) in [4.78, 5) is 20.2. The van der Waals surface area contributed by atoms with E-state index in [4.69, 9.17) is 11.6 Å². The van der Waals surface area contributed by atoms with Crippen LogP contribution in [0.25, 0.3) is 10.9 Å². The predicted molar refractivity (Wildman–Crippen MR) is 101 cm³/mol. The number of rotatable bonds is 3. The Labute approximate surface area is 152 Å². The second kappa shape index (κ2) is 6.90. The van der Waals surface area contributed by atoms with E-state index in [1.807, 2.05) is 53.4 Å². The third kappa shape index (κ3) is 3.41. The van der Waals surface area contributed by atoms with Gasteiger partial charge in [0, 0.05) is 48.6 Å². The van der Waals surface area contributed by atoms with Crippen molar-refractivity contribution in [1.29, 1.82) is 0 Å². The van der Waals surface area contributed by atoms with Crippen LogP contribution >= 0.6 is 11.6 Å². The van der Waals surface area contributed by atoms with Gasteiger partial charge in [-0.1, -0.05) is 48.0 Å². The van der Waals surface area contributed by atoms with Crippen LogP contribution in [-0.2, 0) is 6.54 Å². The molecule has 0 spiro atoms. The minimum Gasteiger partial charge on any atom is -0.351 e. The highest BCUT2D eigenvalue weighted by Crippen LogP contribution is 2.19. The lowest BCUT2D eigenvalue weighted by atomic mass is 10.2. The number of carbonyl (C=O) groups is 1. The first-order chi connectivity index (χ1) is 12.2. The number of aromatic amines is 1. The van der Waals surface area contributed by atoms with Crippen molar-refractivity contribution in [3.05, 3.63) is 70.9 Å². The number of halogens is 1. The van der Waals surface area contributed by atoms with E-state index >= 15 is 0 Å². The number of hydrogen-bond acceptors (Lipinski definition) is 2. The number of fused-ring (bicyclic) bond motifs is 1. The van der Waals surface area contributed by atoms with Crippen molar-refractivity contribution < 1.29 is 4.79 Å². The molecule has 0 aliphatic carbocycles. The molecular formula is C20H20ClN3O. The Hall–Kier alpha value is -2.30. The zero-order chi connectivity index (χ0) is 17.2. The highest BCUT2D eigenvalue weighted by molar-refractivity contribution is 6.31. The van der Waals surface area contributed by atoms with E-state index in [-0.39, 0.29) is 5.91 Å². The molecule has 4 nitrogen and oxygen atoms in total. The molecule has 0 bridgehead atoms. The molecule has 3 aromatic rings. The summed E-state index contributed by atoms with van der Waals surface area (Å²) < 4.78 is 0. The molecule has 5 heteroatoms. The molecule has 0 atom stereocenters. The summed E-state index contributed by atoms with van der Waals surface area (Å²) in [5.41, 5.74) is 2.81. The molecule has 2 aromatic carbocycles. The number of para-hydroxylation sites is 1. The summed E-state index contributed by atoms with van der Waals surface area (Å²) in [6.07, 6.45) is 0. The molecule has 1 fully saturated rings. The first-order valence-electron chi connectivity index (χ1n) is 8.53. The number of H-pyrrole nitrogens is 1. The zero-order valence-corrected chi connectivity index (χ0v) is 14.7. The summed E-state index contributed by atoms with van der Waals surface area (Å²) in [7, 11) is 0. The number of amides is 1. The molecule has 1 aliphatic rings. The molecule has 2 heterocycles. The lowest BCUT2D eigenvalue weighted by molar-refractivity contribution is 0.0623. The fourth-order valence-corrected chi connectivity index (χ4v) is 3.53. The van der Waals surface area contributed by atoms with E-state index in [1.54, 1.807) is 0 Å². The lowest BCUT2D eigenvalue weighted by Crippen LogP contribution is -2.48. The second-order valence-corrected chi connectivity index (χ2v) is 6.84. The standard InChI is InChI=1S/C20H20ClN3O/c21-17-7-3-1-6-16(17)14-23-9-11-24(12-10-23)20(25)19-13-15-5-2-4-8-18(15)22-19/h1-8,13,22H,9-12,14H2. The molecule has 0 unspecified atom stereocenters. The molecule has 0 saturated carbocycles. The van der Waals surface area contributed by atoms with Crippen molar-refractivity contribution in [2.45, 2.75) is 6.54 Å². The average molecular weight is 354 g/mol. The number of hydrogen-bond donors (Lipinski definition) is 1. The Kier molecular flexibility index (Phi) is 4.47. The average Bonchev–Trinajstić information content (AvgIpc) is 3.08. The lowest BCUT2D eigenvalue weighted by Gasteiger charge is -2.34. The highest BCUT2D eigenvalue weighted by Gasteiger charge is 2.23. The van der Waals surface area contributed by atoms with Gasteiger partial charge in [-0.15, -0.1) is 0 Å². The van der Waals surface area contributed by atoms with Crippen molar-refractivity contribution in [2.24, 2.45) is 0 Å². The molecule has 1 aromatic heterocycles. The third-order valence-corrected chi connectivity index (χ3v) is 5.14. The van der Waals surface area contributed by atoms with E-state index < -0.39 is 0 Å². The first-order valence-corrected chi connectivity index (χ1v) is 8.91. The summed E-state index contributed by atoms with van der Waals surface area (Å²) in [6, 6.07) is 17.8. The van der Waals surface area contributed by atoms with E-state index in [1.165, 1.54) is 0 Å². The monoisotopic (exact) mass is 353 g/mol. The number of aromatic nitrogens is 1. The molecule has 25 heavy (non-hydrogen) atoms. The van der Waals surface area contributed by atoms with E-state index in [2.05, 4.69) is 16.0 Å². The van der Waals surface area contributed by atoms with E-state index in [9.17, 15) is 4.79 Å². The zero-order valence-electron chi connectivity index (χ0n) is 13.9. The van der Waals surface area contributed by atoms with Gasteiger partial charge < -0.3 is 9.88 Å². The van der Waals surface area contributed by atoms with Crippen LogP contribution in [0.5, 0.6) is 0 Å². The van der Waals surface area contributed by atoms with Crippen LogP contribution in [0.2, 0.25) is 5.02 Å². The van der Waals surface area contributed by atoms with Gasteiger partial charge in [-0.2, -0.15) is 0 Å². The summed E-state index contributed by atoms with van der Waals surface area (Å²) in [5, 5.41) is 1.88. The van der Waals surface area contributed by atoms with E-state index in [0.29, 0.717) is 5.69 Å².